The summed E-state index contributed by atoms with van der Waals surface area (Å²) < 4.78 is 85.3. The van der Waals surface area contributed by atoms with Crippen LogP contribution in [0.5, 0.6) is 28.7 Å². The number of azo groups is 3. The van der Waals surface area contributed by atoms with Crippen LogP contribution in [0.2, 0.25) is 0 Å². The maximum absolute atomic E-state index is 13.8. The fourth-order valence-corrected chi connectivity index (χ4v) is 7.60. The van der Waals surface area contributed by atoms with E-state index < -0.39 is 47.2 Å². The van der Waals surface area contributed by atoms with Crippen LogP contribution < -0.4 is 89.3 Å². The molecule has 0 radical (unpaired) electrons. The predicted octanol–water partition coefficient (Wildman–Crippen LogP) is 3.16. The van der Waals surface area contributed by atoms with Crippen molar-refractivity contribution in [1.82, 2.24) is 0 Å². The van der Waals surface area contributed by atoms with Gasteiger partial charge in [0.25, 0.3) is 20.2 Å². The zero-order valence-corrected chi connectivity index (χ0v) is 39.7. The molecule has 0 fully saturated rings. The first-order valence-electron chi connectivity index (χ1n) is 17.6. The Bertz CT molecular complexity index is 3230. The predicted molar refractivity (Wildman–Crippen MR) is 221 cm³/mol. The molecule has 0 amide bonds. The van der Waals surface area contributed by atoms with Gasteiger partial charge in [0.2, 0.25) is 0 Å². The smallest absolute Gasteiger partial charge is 0.871 e. The van der Waals surface area contributed by atoms with Gasteiger partial charge in [-0.15, -0.1) is 15.3 Å². The van der Waals surface area contributed by atoms with E-state index >= 15 is 0 Å². The molecular formula is C41H31N7Na2O11S2. The van der Waals surface area contributed by atoms with Crippen LogP contribution in [0.15, 0.2) is 150 Å². The molecule has 0 heterocycles. The van der Waals surface area contributed by atoms with Crippen molar-refractivity contribution >= 4 is 81.6 Å². The van der Waals surface area contributed by atoms with Crippen LogP contribution >= 0.6 is 0 Å². The number of hydrogen-bond acceptors (Lipinski definition) is 16. The Morgan fingerprint density at radius 1 is 0.508 bits per heavy atom. The van der Waals surface area contributed by atoms with E-state index in [9.17, 15) is 36.2 Å². The van der Waals surface area contributed by atoms with Crippen LogP contribution in [0.25, 0.3) is 32.7 Å². The summed E-state index contributed by atoms with van der Waals surface area (Å²) in [4.78, 5) is -1.26. The Kier molecular flexibility index (Phi) is 15.3. The van der Waals surface area contributed by atoms with Gasteiger partial charge in [0.05, 0.1) is 49.8 Å². The normalized spacial score (nSPS) is 11.9. The molecule has 4 N–H and O–H groups in total. The van der Waals surface area contributed by atoms with E-state index in [-0.39, 0.29) is 115 Å². The molecule has 0 aromatic heterocycles. The Balaban J connectivity index is 0.00000374. The van der Waals surface area contributed by atoms with E-state index in [2.05, 4.69) is 30.7 Å². The van der Waals surface area contributed by atoms with Crippen molar-refractivity contribution in [2.45, 2.75) is 9.79 Å². The average Bonchev–Trinajstić information content (AvgIpc) is 3.24. The van der Waals surface area contributed by atoms with Gasteiger partial charge >= 0.3 is 59.1 Å². The van der Waals surface area contributed by atoms with E-state index in [0.29, 0.717) is 28.3 Å². The maximum Gasteiger partial charge on any atom is 1.00 e. The molecule has 0 aliphatic heterocycles. The number of ether oxygens (including phenoxy) is 3. The Hall–Kier alpha value is -5.52. The molecule has 0 unspecified atom stereocenters. The second-order valence-corrected chi connectivity index (χ2v) is 15.8. The third-order valence-corrected chi connectivity index (χ3v) is 11.0. The summed E-state index contributed by atoms with van der Waals surface area (Å²) in [5.74, 6) is -0.669. The van der Waals surface area contributed by atoms with Crippen molar-refractivity contribution in [3.8, 4) is 39.9 Å². The summed E-state index contributed by atoms with van der Waals surface area (Å²) in [5, 5.41) is 51.7. The van der Waals surface area contributed by atoms with Crippen LogP contribution in [0.1, 0.15) is 0 Å². The minimum absolute atomic E-state index is 0. The summed E-state index contributed by atoms with van der Waals surface area (Å²) in [6, 6.07) is 26.6. The van der Waals surface area contributed by atoms with Gasteiger partial charge in [-0.3, -0.25) is 9.11 Å². The van der Waals surface area contributed by atoms with Crippen molar-refractivity contribution in [3.63, 3.8) is 0 Å². The molecule has 7 aromatic carbocycles. The third-order valence-electron chi connectivity index (χ3n) is 9.22. The first kappa shape index (κ1) is 48.5. The largest absolute Gasteiger partial charge is 1.00 e. The fourth-order valence-electron chi connectivity index (χ4n) is 6.23. The molecule has 7 rings (SSSR count). The SMILES string of the molecule is COc1cc(N=Nc2ccc3cc(S(=O)(=O)O)c(N=Nc4ccc(-c5ccc(N=Nc6cc(S(=O)(=O)O)c7ccccc7c6[O-])c(OC)c5)cc4OC)c([O-])c3c2)ccc1N.[Na+].[Na+]. The quantitative estimate of drug-likeness (QED) is 0.0690. The zero-order valence-electron chi connectivity index (χ0n) is 34.0. The topological polar surface area (TPSA) is 283 Å². The average molecular weight is 908 g/mol. The molecule has 0 aliphatic rings. The van der Waals surface area contributed by atoms with E-state index in [1.54, 1.807) is 54.6 Å². The van der Waals surface area contributed by atoms with Gasteiger partial charge in [-0.1, -0.05) is 54.0 Å². The number of nitrogens with two attached hydrogens (primary N) is 1. The molecule has 18 nitrogen and oxygen atoms in total. The van der Waals surface area contributed by atoms with Crippen LogP contribution in [0.3, 0.4) is 0 Å². The minimum Gasteiger partial charge on any atom is -0.871 e. The Morgan fingerprint density at radius 2 is 1.03 bits per heavy atom. The van der Waals surface area contributed by atoms with Gasteiger partial charge in [-0.05, 0) is 87.9 Å². The van der Waals surface area contributed by atoms with Crippen LogP contribution in [-0.2, 0) is 20.2 Å². The van der Waals surface area contributed by atoms with Gasteiger partial charge in [0, 0.05) is 11.5 Å². The number of hydrogen-bond donors (Lipinski definition) is 3. The Morgan fingerprint density at radius 3 is 1.60 bits per heavy atom. The number of methoxy groups -OCH3 is 3. The van der Waals surface area contributed by atoms with Gasteiger partial charge in [-0.25, -0.2) is 0 Å². The van der Waals surface area contributed by atoms with Crippen molar-refractivity contribution in [3.05, 3.63) is 109 Å². The van der Waals surface area contributed by atoms with Crippen molar-refractivity contribution in [2.24, 2.45) is 30.7 Å². The molecular weight excluding hydrogens is 877 g/mol. The van der Waals surface area contributed by atoms with Crippen LogP contribution in [0, 0.1) is 0 Å². The number of rotatable bonds is 12. The van der Waals surface area contributed by atoms with Crippen molar-refractivity contribution < 1.29 is 109 Å². The minimum atomic E-state index is -4.95. The standard InChI is InChI=1S/C41H33N7O11S2.2Na/c1-57-34-20-26(12-13-30(34)42)44-43-25-11-8-24-18-38(61(54,55)56)39(41(50)29(24)19-25)48-46-32-15-10-23(17-36(32)59-3)22-9-14-31(35(16-22)58-2)45-47-33-21-37(60(51,52)53)27-6-4-5-7-28(27)40(33)49;;/h4-21,49-50H,42H2,1-3H3,(H,51,52,53)(H,54,55,56);;/q;2*+1/p-2. The van der Waals surface area contributed by atoms with Crippen molar-refractivity contribution in [2.75, 3.05) is 27.1 Å². The second-order valence-electron chi connectivity index (χ2n) is 13.0. The zero-order chi connectivity index (χ0) is 43.6. The third kappa shape index (κ3) is 10.5. The molecule has 0 saturated carbocycles. The molecule has 0 aliphatic carbocycles. The maximum atomic E-state index is 13.8. The molecule has 63 heavy (non-hydrogen) atoms. The van der Waals surface area contributed by atoms with E-state index in [4.69, 9.17) is 19.9 Å². The number of fused-ring (bicyclic) bond motifs is 2. The van der Waals surface area contributed by atoms with E-state index in [0.717, 1.165) is 12.1 Å². The van der Waals surface area contributed by atoms with Gasteiger partial charge in [-0.2, -0.15) is 32.2 Å². The summed E-state index contributed by atoms with van der Waals surface area (Å²) >= 11 is 0. The van der Waals surface area contributed by atoms with Crippen LogP contribution in [0.4, 0.5) is 39.8 Å². The first-order chi connectivity index (χ1) is 29.1. The molecule has 0 saturated heterocycles. The molecule has 22 heteroatoms. The molecule has 0 spiro atoms. The summed E-state index contributed by atoms with van der Waals surface area (Å²) in [6.45, 7) is 0. The van der Waals surface area contributed by atoms with Gasteiger partial charge in [0.15, 0.2) is 0 Å². The number of benzene rings is 7. The summed E-state index contributed by atoms with van der Waals surface area (Å²) in [6.07, 6.45) is 0. The molecule has 0 atom stereocenters. The number of nitrogens with zero attached hydrogens (tertiary/aromatic N) is 6. The number of nitrogen functional groups attached to an aromatic ring is 1. The molecule has 7 aromatic rings. The Labute approximate surface area is 404 Å². The monoisotopic (exact) mass is 907 g/mol. The fraction of sp³-hybridized carbons (Fsp3) is 0.0732. The van der Waals surface area contributed by atoms with E-state index in [1.807, 2.05) is 0 Å². The summed E-state index contributed by atoms with van der Waals surface area (Å²) in [7, 11) is -5.45. The number of anilines is 1. The molecule has 0 bridgehead atoms. The first-order valence-corrected chi connectivity index (χ1v) is 20.5. The molecule has 310 valence electrons. The van der Waals surface area contributed by atoms with E-state index in [1.165, 1.54) is 63.8 Å². The van der Waals surface area contributed by atoms with Gasteiger partial charge in [0.1, 0.15) is 38.4 Å². The van der Waals surface area contributed by atoms with Crippen molar-refractivity contribution in [1.29, 1.82) is 0 Å². The van der Waals surface area contributed by atoms with Gasteiger partial charge < -0.3 is 30.2 Å². The second kappa shape index (κ2) is 19.9. The summed E-state index contributed by atoms with van der Waals surface area (Å²) in [5.41, 5.74) is 7.41. The van der Waals surface area contributed by atoms with Crippen LogP contribution in [-0.4, -0.2) is 47.3 Å².